The molecular weight excluding hydrogens is 701 g/mol. The Balaban J connectivity index is 1.14. The van der Waals surface area contributed by atoms with E-state index >= 15 is 0 Å². The Labute approximate surface area is 328 Å². The minimum absolute atomic E-state index is 0.156. The molecule has 56 heavy (non-hydrogen) atoms. The monoisotopic (exact) mass is 744 g/mol. The van der Waals surface area contributed by atoms with E-state index in [1.165, 1.54) is 0 Å². The molecule has 0 spiro atoms. The van der Waals surface area contributed by atoms with Crippen LogP contribution in [0.4, 0.5) is 0 Å². The Morgan fingerprint density at radius 1 is 0.304 bits per heavy atom. The summed E-state index contributed by atoms with van der Waals surface area (Å²) < 4.78 is 34.4. The predicted molar refractivity (Wildman–Crippen MR) is 222 cm³/mol. The van der Waals surface area contributed by atoms with Crippen LogP contribution in [0.2, 0.25) is 0 Å². The van der Waals surface area contributed by atoms with Gasteiger partial charge >= 0.3 is 0 Å². The highest BCUT2D eigenvalue weighted by Crippen LogP contribution is 2.34. The lowest BCUT2D eigenvalue weighted by molar-refractivity contribution is 0.271. The fourth-order valence-electron chi connectivity index (χ4n) is 6.57. The van der Waals surface area contributed by atoms with Gasteiger partial charge in [0.2, 0.25) is 0 Å². The average molecular weight is 745 g/mol. The van der Waals surface area contributed by atoms with Crippen molar-refractivity contribution in [1.82, 2.24) is 0 Å². The lowest BCUT2D eigenvalue weighted by atomic mass is 9.96. The van der Waals surface area contributed by atoms with Crippen molar-refractivity contribution in [1.29, 1.82) is 0 Å². The van der Waals surface area contributed by atoms with E-state index in [1.54, 1.807) is 28.4 Å². The fourth-order valence-corrected chi connectivity index (χ4v) is 6.57. The van der Waals surface area contributed by atoms with Gasteiger partial charge in [0.25, 0.3) is 0 Å². The molecule has 0 saturated heterocycles. The Bertz CT molecular complexity index is 2070. The third-order valence-corrected chi connectivity index (χ3v) is 9.61. The van der Waals surface area contributed by atoms with E-state index < -0.39 is 0 Å². The van der Waals surface area contributed by atoms with E-state index in [0.29, 0.717) is 30.3 Å². The van der Waals surface area contributed by atoms with E-state index in [9.17, 15) is 5.11 Å². The van der Waals surface area contributed by atoms with Crippen LogP contribution in [-0.4, -0.2) is 33.5 Å². The summed E-state index contributed by atoms with van der Waals surface area (Å²) in [5.74, 6) is 4.39. The molecule has 1 N–H and O–H groups in total. The van der Waals surface area contributed by atoms with E-state index in [1.807, 2.05) is 66.7 Å². The maximum atomic E-state index is 10.2. The highest BCUT2D eigenvalue weighted by atomic mass is 16.5. The molecule has 0 atom stereocenters. The van der Waals surface area contributed by atoms with Crippen LogP contribution in [-0.2, 0) is 19.8 Å². The Morgan fingerprint density at radius 2 is 0.589 bits per heavy atom. The van der Waals surface area contributed by atoms with Gasteiger partial charge in [-0.1, -0.05) is 48.5 Å². The van der Waals surface area contributed by atoms with Gasteiger partial charge in [-0.25, -0.2) is 0 Å². The molecule has 0 aliphatic rings. The summed E-state index contributed by atoms with van der Waals surface area (Å²) in [6.45, 7) is 0.448. The van der Waals surface area contributed by atoms with Gasteiger partial charge in [-0.05, 0) is 158 Å². The summed E-state index contributed by atoms with van der Waals surface area (Å²) in [6.07, 6.45) is 0. The Hall–Kier alpha value is -6.70. The molecule has 0 aliphatic heterocycles. The number of ether oxygens (including phenoxy) is 6. The minimum atomic E-state index is -0.156. The van der Waals surface area contributed by atoms with Crippen LogP contribution in [0.3, 0.4) is 0 Å². The summed E-state index contributed by atoms with van der Waals surface area (Å²) >= 11 is 0. The zero-order valence-corrected chi connectivity index (χ0v) is 32.0. The van der Waals surface area contributed by atoms with E-state index in [2.05, 4.69) is 84.9 Å². The van der Waals surface area contributed by atoms with Gasteiger partial charge in [-0.2, -0.15) is 0 Å². The van der Waals surface area contributed by atoms with Crippen LogP contribution < -0.4 is 28.4 Å². The molecular formula is C49H44O7. The molecule has 7 rings (SSSR count). The van der Waals surface area contributed by atoms with Gasteiger partial charge in [0.1, 0.15) is 47.7 Å². The maximum Gasteiger partial charge on any atom is 0.123 e. The second-order valence-corrected chi connectivity index (χ2v) is 13.3. The maximum absolute atomic E-state index is 10.2. The van der Waals surface area contributed by atoms with Crippen molar-refractivity contribution >= 4 is 0 Å². The summed E-state index contributed by atoms with van der Waals surface area (Å²) in [7, 11) is 6.66. The molecule has 0 unspecified atom stereocenters. The topological polar surface area (TPSA) is 75.6 Å². The predicted octanol–water partition coefficient (Wildman–Crippen LogP) is 11.0. The largest absolute Gasteiger partial charge is 0.497 e. The van der Waals surface area contributed by atoms with Crippen molar-refractivity contribution < 1.29 is 33.5 Å². The van der Waals surface area contributed by atoms with E-state index in [4.69, 9.17) is 28.4 Å². The van der Waals surface area contributed by atoms with Gasteiger partial charge < -0.3 is 33.5 Å². The van der Waals surface area contributed by atoms with E-state index in [0.717, 1.165) is 78.6 Å². The lowest BCUT2D eigenvalue weighted by Gasteiger charge is -2.15. The van der Waals surface area contributed by atoms with Gasteiger partial charge in [0, 0.05) is 6.07 Å². The zero-order valence-electron chi connectivity index (χ0n) is 32.0. The fraction of sp³-hybridized carbons (Fsp3) is 0.143. The first-order valence-corrected chi connectivity index (χ1v) is 18.3. The van der Waals surface area contributed by atoms with Gasteiger partial charge in [-0.3, -0.25) is 0 Å². The normalized spacial score (nSPS) is 10.8. The molecule has 0 radical (unpaired) electrons. The molecule has 7 aromatic rings. The van der Waals surface area contributed by atoms with Crippen molar-refractivity contribution in [3.63, 3.8) is 0 Å². The molecule has 0 heterocycles. The number of methoxy groups -OCH3 is 4. The van der Waals surface area contributed by atoms with Crippen LogP contribution >= 0.6 is 0 Å². The van der Waals surface area contributed by atoms with Crippen molar-refractivity contribution in [3.8, 4) is 79.0 Å². The number of rotatable bonds is 15. The highest BCUT2D eigenvalue weighted by Gasteiger charge is 2.12. The number of benzene rings is 7. The third kappa shape index (κ3) is 9.14. The summed E-state index contributed by atoms with van der Waals surface area (Å²) in [5.41, 5.74) is 11.1. The molecule has 0 aliphatic carbocycles. The van der Waals surface area contributed by atoms with Crippen LogP contribution in [0.15, 0.2) is 152 Å². The molecule has 0 bridgehead atoms. The van der Waals surface area contributed by atoms with Crippen molar-refractivity contribution in [2.45, 2.75) is 19.8 Å². The number of aliphatic hydroxyl groups excluding tert-OH is 1. The van der Waals surface area contributed by atoms with Gasteiger partial charge in [0.15, 0.2) is 0 Å². The standard InChI is InChI=1S/C49H44O7/c1-51-44-13-5-36(6-14-44)40-21-34(22-41(27-40)37-7-15-45(52-2)16-8-37)31-55-48-25-33(30-50)26-49(29-48)56-32-35-23-42(38-9-17-46(53-3)18-10-38)28-43(24-35)39-11-19-47(54-4)20-12-39/h5-29,50H,30-32H2,1-4H3. The first-order valence-electron chi connectivity index (χ1n) is 18.3. The quantitative estimate of drug-likeness (QED) is 0.112. The molecule has 0 amide bonds. The second-order valence-electron chi connectivity index (χ2n) is 13.3. The third-order valence-electron chi connectivity index (χ3n) is 9.61. The lowest BCUT2D eigenvalue weighted by Crippen LogP contribution is -2.01. The van der Waals surface area contributed by atoms with Crippen molar-refractivity contribution in [2.75, 3.05) is 28.4 Å². The summed E-state index contributed by atoms with van der Waals surface area (Å²) in [6, 6.07) is 50.6. The van der Waals surface area contributed by atoms with Crippen LogP contribution in [0.5, 0.6) is 34.5 Å². The molecule has 0 fully saturated rings. The molecule has 7 heteroatoms. The van der Waals surface area contributed by atoms with Gasteiger partial charge in [0.05, 0.1) is 35.0 Å². The Kier molecular flexibility index (Phi) is 11.8. The first-order chi connectivity index (χ1) is 27.4. The summed E-state index contributed by atoms with van der Waals surface area (Å²) in [4.78, 5) is 0. The van der Waals surface area contributed by atoms with Gasteiger partial charge in [-0.15, -0.1) is 0 Å². The molecule has 7 nitrogen and oxygen atoms in total. The summed E-state index contributed by atoms with van der Waals surface area (Å²) in [5, 5.41) is 10.2. The number of aliphatic hydroxyl groups is 1. The molecule has 0 saturated carbocycles. The van der Waals surface area contributed by atoms with Crippen LogP contribution in [0.1, 0.15) is 16.7 Å². The SMILES string of the molecule is COc1ccc(-c2cc(COc3cc(CO)cc(OCc4cc(-c5ccc(OC)cc5)cc(-c5ccc(OC)cc5)c4)c3)cc(-c3ccc(OC)cc3)c2)cc1. The van der Waals surface area contributed by atoms with Crippen molar-refractivity contribution in [3.05, 3.63) is 168 Å². The Morgan fingerprint density at radius 3 is 0.839 bits per heavy atom. The number of hydrogen-bond donors (Lipinski definition) is 1. The van der Waals surface area contributed by atoms with Crippen LogP contribution in [0, 0.1) is 0 Å². The first kappa shape index (κ1) is 37.6. The minimum Gasteiger partial charge on any atom is -0.497 e. The second kappa shape index (κ2) is 17.6. The average Bonchev–Trinajstić information content (AvgIpc) is 3.27. The zero-order chi connectivity index (χ0) is 38.9. The molecule has 7 aromatic carbocycles. The van der Waals surface area contributed by atoms with E-state index in [-0.39, 0.29) is 6.61 Å². The van der Waals surface area contributed by atoms with Crippen LogP contribution in [0.25, 0.3) is 44.5 Å². The van der Waals surface area contributed by atoms with Crippen molar-refractivity contribution in [2.24, 2.45) is 0 Å². The molecule has 282 valence electrons. The highest BCUT2D eigenvalue weighted by molar-refractivity contribution is 5.76. The smallest absolute Gasteiger partial charge is 0.123 e. The number of hydrogen-bond acceptors (Lipinski definition) is 7. The molecule has 0 aromatic heterocycles.